The van der Waals surface area contributed by atoms with Gasteiger partial charge in [-0.3, -0.25) is 4.79 Å². The summed E-state index contributed by atoms with van der Waals surface area (Å²) in [7, 11) is 1.87. The Bertz CT molecular complexity index is 459. The molecule has 0 saturated heterocycles. The number of methoxy groups -OCH3 is 1. The lowest BCUT2D eigenvalue weighted by atomic mass is 9.49. The Morgan fingerprint density at radius 2 is 1.87 bits per heavy atom. The van der Waals surface area contributed by atoms with Crippen LogP contribution in [0, 0.1) is 34.5 Å². The summed E-state index contributed by atoms with van der Waals surface area (Å²) in [5.74, 6) is 3.43. The summed E-state index contributed by atoms with van der Waals surface area (Å²) in [4.78, 5) is 12.4. The van der Waals surface area contributed by atoms with Crippen molar-refractivity contribution in [2.45, 2.75) is 85.2 Å². The van der Waals surface area contributed by atoms with E-state index in [2.05, 4.69) is 27.7 Å². The van der Waals surface area contributed by atoms with Gasteiger partial charge >= 0.3 is 0 Å². The quantitative estimate of drug-likeness (QED) is 0.710. The number of fused-ring (bicyclic) bond motifs is 1. The number of carbonyl (C=O) groups is 1. The molecule has 3 aliphatic rings. The lowest BCUT2D eigenvalue weighted by molar-refractivity contribution is -0.134. The molecule has 7 unspecified atom stereocenters. The normalized spacial score (nSPS) is 50.8. The molecule has 0 amide bonds. The number of ketones is 1. The van der Waals surface area contributed by atoms with Crippen molar-refractivity contribution < 1.29 is 9.53 Å². The van der Waals surface area contributed by atoms with Crippen molar-refractivity contribution >= 4 is 5.78 Å². The Morgan fingerprint density at radius 1 is 1.13 bits per heavy atom. The van der Waals surface area contributed by atoms with Crippen LogP contribution in [-0.2, 0) is 9.53 Å². The lowest BCUT2D eigenvalue weighted by Crippen LogP contribution is -2.50. The smallest absolute Gasteiger partial charge is 0.139 e. The van der Waals surface area contributed by atoms with Crippen LogP contribution in [0.25, 0.3) is 0 Å². The van der Waals surface area contributed by atoms with Crippen LogP contribution >= 0.6 is 0 Å². The Hall–Kier alpha value is -0.370. The Labute approximate surface area is 142 Å². The molecule has 0 aromatic rings. The summed E-state index contributed by atoms with van der Waals surface area (Å²) in [6, 6.07) is 0. The molecular formula is C21H36O2. The molecule has 3 saturated carbocycles. The molecule has 3 rings (SSSR count). The SMILES string of the molecule is CCC1CC(OC)CCC1(C)C1CCC2(C)C(=O)CCC2C1C. The second-order valence-corrected chi connectivity index (χ2v) is 9.23. The third-order valence-electron chi connectivity index (χ3n) is 8.54. The third-order valence-corrected chi connectivity index (χ3v) is 8.54. The fraction of sp³-hybridized carbons (Fsp3) is 0.952. The first kappa shape index (κ1) is 17.5. The van der Waals surface area contributed by atoms with Gasteiger partial charge < -0.3 is 4.74 Å². The van der Waals surface area contributed by atoms with E-state index in [9.17, 15) is 4.79 Å². The highest BCUT2D eigenvalue weighted by atomic mass is 16.5. The molecule has 2 heteroatoms. The van der Waals surface area contributed by atoms with E-state index in [0.29, 0.717) is 29.1 Å². The van der Waals surface area contributed by atoms with Gasteiger partial charge in [-0.25, -0.2) is 0 Å². The van der Waals surface area contributed by atoms with E-state index in [1.807, 2.05) is 7.11 Å². The van der Waals surface area contributed by atoms with Crippen LogP contribution in [0.2, 0.25) is 0 Å². The highest BCUT2D eigenvalue weighted by Gasteiger charge is 2.56. The third kappa shape index (κ3) is 2.60. The number of ether oxygens (including phenoxy) is 1. The second-order valence-electron chi connectivity index (χ2n) is 9.23. The van der Waals surface area contributed by atoms with Crippen molar-refractivity contribution in [1.29, 1.82) is 0 Å². The van der Waals surface area contributed by atoms with E-state index in [1.54, 1.807) is 0 Å². The summed E-state index contributed by atoms with van der Waals surface area (Å²) >= 11 is 0. The minimum atomic E-state index is -0.00226. The molecule has 0 aliphatic heterocycles. The molecule has 2 nitrogen and oxygen atoms in total. The maximum absolute atomic E-state index is 12.4. The number of hydrogen-bond donors (Lipinski definition) is 0. The predicted molar refractivity (Wildman–Crippen MR) is 94.3 cm³/mol. The van der Waals surface area contributed by atoms with Crippen molar-refractivity contribution in [2.75, 3.05) is 7.11 Å². The van der Waals surface area contributed by atoms with Gasteiger partial charge in [-0.1, -0.05) is 34.1 Å². The van der Waals surface area contributed by atoms with Gasteiger partial charge in [0.15, 0.2) is 0 Å². The van der Waals surface area contributed by atoms with E-state index >= 15 is 0 Å². The zero-order valence-electron chi connectivity index (χ0n) is 15.9. The zero-order valence-corrected chi connectivity index (χ0v) is 15.9. The van der Waals surface area contributed by atoms with Gasteiger partial charge in [0.1, 0.15) is 5.78 Å². The largest absolute Gasteiger partial charge is 0.381 e. The molecule has 23 heavy (non-hydrogen) atoms. The fourth-order valence-electron chi connectivity index (χ4n) is 6.91. The van der Waals surface area contributed by atoms with Gasteiger partial charge in [-0.05, 0) is 67.6 Å². The minimum absolute atomic E-state index is 0.00226. The summed E-state index contributed by atoms with van der Waals surface area (Å²) in [5, 5.41) is 0. The molecule has 0 heterocycles. The Kier molecular flexibility index (Phi) is 4.68. The van der Waals surface area contributed by atoms with Crippen LogP contribution < -0.4 is 0 Å². The maximum Gasteiger partial charge on any atom is 0.139 e. The number of rotatable bonds is 3. The molecule has 0 spiro atoms. The Morgan fingerprint density at radius 3 is 2.52 bits per heavy atom. The van der Waals surface area contributed by atoms with E-state index in [-0.39, 0.29) is 5.41 Å². The summed E-state index contributed by atoms with van der Waals surface area (Å²) < 4.78 is 5.69. The molecule has 0 aromatic carbocycles. The van der Waals surface area contributed by atoms with E-state index in [4.69, 9.17) is 4.74 Å². The molecule has 3 aliphatic carbocycles. The molecule has 0 bridgehead atoms. The van der Waals surface area contributed by atoms with E-state index in [1.165, 1.54) is 32.1 Å². The van der Waals surface area contributed by atoms with Crippen molar-refractivity contribution in [3.8, 4) is 0 Å². The molecule has 132 valence electrons. The number of hydrogen-bond acceptors (Lipinski definition) is 2. The molecule has 0 N–H and O–H groups in total. The highest BCUT2D eigenvalue weighted by Crippen LogP contribution is 2.61. The summed E-state index contributed by atoms with van der Waals surface area (Å²) in [6.07, 6.45) is 9.83. The summed E-state index contributed by atoms with van der Waals surface area (Å²) in [5.41, 5.74) is 0.438. The fourth-order valence-corrected chi connectivity index (χ4v) is 6.91. The van der Waals surface area contributed by atoms with Crippen molar-refractivity contribution in [3.05, 3.63) is 0 Å². The highest BCUT2D eigenvalue weighted by molar-refractivity contribution is 5.87. The number of Topliss-reactive ketones (excluding diaryl/α,β-unsaturated/α-hetero) is 1. The average Bonchev–Trinajstić information content (AvgIpc) is 2.84. The van der Waals surface area contributed by atoms with Gasteiger partial charge in [0.2, 0.25) is 0 Å². The van der Waals surface area contributed by atoms with Crippen molar-refractivity contribution in [2.24, 2.45) is 34.5 Å². The predicted octanol–water partition coefficient (Wildman–Crippen LogP) is 5.25. The zero-order chi connectivity index (χ0) is 16.8. The molecule has 7 atom stereocenters. The van der Waals surface area contributed by atoms with Gasteiger partial charge in [0.05, 0.1) is 6.10 Å². The van der Waals surface area contributed by atoms with Crippen molar-refractivity contribution in [3.63, 3.8) is 0 Å². The van der Waals surface area contributed by atoms with Crippen LogP contribution in [0.5, 0.6) is 0 Å². The average molecular weight is 321 g/mol. The first-order chi connectivity index (χ1) is 10.9. The molecule has 3 fully saturated rings. The lowest BCUT2D eigenvalue weighted by Gasteiger charge is -2.55. The maximum atomic E-state index is 12.4. The Balaban J connectivity index is 1.82. The van der Waals surface area contributed by atoms with Gasteiger partial charge in [0.25, 0.3) is 0 Å². The number of carbonyl (C=O) groups excluding carboxylic acids is 1. The van der Waals surface area contributed by atoms with E-state index in [0.717, 1.165) is 31.1 Å². The molecular weight excluding hydrogens is 284 g/mol. The van der Waals surface area contributed by atoms with Crippen molar-refractivity contribution in [1.82, 2.24) is 0 Å². The van der Waals surface area contributed by atoms with Gasteiger partial charge in [0, 0.05) is 18.9 Å². The van der Waals surface area contributed by atoms with Crippen LogP contribution in [0.15, 0.2) is 0 Å². The van der Waals surface area contributed by atoms with E-state index < -0.39 is 0 Å². The topological polar surface area (TPSA) is 26.3 Å². The van der Waals surface area contributed by atoms with Gasteiger partial charge in [-0.2, -0.15) is 0 Å². The standard InChI is InChI=1S/C21H36O2/c1-6-15-13-16(23-5)9-11-20(15,3)18-10-12-21(4)17(14(18)2)7-8-19(21)22/h14-18H,6-13H2,1-5H3. The molecule has 0 radical (unpaired) electrons. The second kappa shape index (κ2) is 6.17. The van der Waals surface area contributed by atoms with Crippen LogP contribution in [0.3, 0.4) is 0 Å². The first-order valence-electron chi connectivity index (χ1n) is 9.93. The summed E-state index contributed by atoms with van der Waals surface area (Å²) in [6.45, 7) is 9.65. The monoisotopic (exact) mass is 320 g/mol. The first-order valence-corrected chi connectivity index (χ1v) is 9.93. The van der Waals surface area contributed by atoms with Crippen LogP contribution in [-0.4, -0.2) is 19.0 Å². The van der Waals surface area contributed by atoms with Gasteiger partial charge in [-0.15, -0.1) is 0 Å². The molecule has 0 aromatic heterocycles. The van der Waals surface area contributed by atoms with Crippen LogP contribution in [0.1, 0.15) is 79.1 Å². The van der Waals surface area contributed by atoms with Crippen LogP contribution in [0.4, 0.5) is 0 Å². The minimum Gasteiger partial charge on any atom is -0.381 e.